The third-order valence-corrected chi connectivity index (χ3v) is 2.89. The van der Waals surface area contributed by atoms with Crippen LogP contribution in [0.25, 0.3) is 0 Å². The van der Waals surface area contributed by atoms with E-state index in [-0.39, 0.29) is 18.0 Å². The topological polar surface area (TPSA) is 110 Å². The van der Waals surface area contributed by atoms with Crippen molar-refractivity contribution in [3.05, 3.63) is 15.8 Å². The first kappa shape index (κ1) is 15.9. The number of carboxylic acids is 1. The fraction of sp³-hybridized carbons (Fsp3) is 0.667. The predicted molar refractivity (Wildman–Crippen MR) is 73.9 cm³/mol. The molecule has 0 radical (unpaired) electrons. The van der Waals surface area contributed by atoms with Crippen LogP contribution >= 0.6 is 0 Å². The van der Waals surface area contributed by atoms with E-state index < -0.39 is 10.9 Å². The summed E-state index contributed by atoms with van der Waals surface area (Å²) in [5.41, 5.74) is 0.450. The number of hydrogen-bond acceptors (Lipinski definition) is 5. The highest BCUT2D eigenvalue weighted by Gasteiger charge is 2.28. The van der Waals surface area contributed by atoms with E-state index in [9.17, 15) is 14.9 Å². The van der Waals surface area contributed by atoms with E-state index in [0.29, 0.717) is 30.9 Å². The summed E-state index contributed by atoms with van der Waals surface area (Å²) in [5.74, 6) is -0.503. The van der Waals surface area contributed by atoms with Crippen LogP contribution in [0.5, 0.6) is 0 Å². The Morgan fingerprint density at radius 3 is 2.65 bits per heavy atom. The van der Waals surface area contributed by atoms with Crippen LogP contribution in [0.1, 0.15) is 44.7 Å². The number of nitrogens with one attached hydrogen (secondary N) is 1. The van der Waals surface area contributed by atoms with Crippen LogP contribution in [-0.2, 0) is 11.8 Å². The number of carboxylic acid groups (broad SMARTS) is 1. The third kappa shape index (κ3) is 3.94. The molecular weight excluding hydrogens is 264 g/mol. The summed E-state index contributed by atoms with van der Waals surface area (Å²) >= 11 is 0. The van der Waals surface area contributed by atoms with Gasteiger partial charge in [-0.25, -0.2) is 4.68 Å². The Hall–Kier alpha value is -2.12. The first-order valence-electron chi connectivity index (χ1n) is 6.51. The minimum absolute atomic E-state index is 0.000680. The van der Waals surface area contributed by atoms with Gasteiger partial charge in [0.15, 0.2) is 0 Å². The average Bonchev–Trinajstić information content (AvgIpc) is 2.66. The number of aromatic nitrogens is 2. The lowest BCUT2D eigenvalue weighted by Crippen LogP contribution is -2.08. The molecule has 0 fully saturated rings. The molecule has 0 spiro atoms. The number of aryl methyl sites for hydroxylation is 1. The summed E-state index contributed by atoms with van der Waals surface area (Å²) < 4.78 is 1.46. The largest absolute Gasteiger partial charge is 0.481 e. The highest BCUT2D eigenvalue weighted by atomic mass is 16.6. The van der Waals surface area contributed by atoms with Crippen molar-refractivity contribution in [3.8, 4) is 0 Å². The Kier molecular flexibility index (Phi) is 5.48. The molecule has 1 rings (SSSR count). The molecule has 1 heterocycles. The third-order valence-electron chi connectivity index (χ3n) is 2.89. The molecule has 0 aliphatic heterocycles. The first-order chi connectivity index (χ1) is 9.34. The summed E-state index contributed by atoms with van der Waals surface area (Å²) in [6, 6.07) is 0. The van der Waals surface area contributed by atoms with Gasteiger partial charge in [-0.2, -0.15) is 5.10 Å². The van der Waals surface area contributed by atoms with Crippen LogP contribution in [-0.4, -0.2) is 32.3 Å². The van der Waals surface area contributed by atoms with Crippen molar-refractivity contribution in [2.75, 3.05) is 11.9 Å². The molecule has 0 bridgehead atoms. The molecule has 0 atom stereocenters. The second-order valence-corrected chi connectivity index (χ2v) is 4.90. The van der Waals surface area contributed by atoms with E-state index in [1.54, 1.807) is 7.05 Å². The Morgan fingerprint density at radius 2 is 2.15 bits per heavy atom. The lowest BCUT2D eigenvalue weighted by Gasteiger charge is -2.05. The monoisotopic (exact) mass is 284 g/mol. The quantitative estimate of drug-likeness (QED) is 0.430. The average molecular weight is 284 g/mol. The fourth-order valence-electron chi connectivity index (χ4n) is 1.91. The maximum absolute atomic E-state index is 11.2. The van der Waals surface area contributed by atoms with Crippen LogP contribution in [0.3, 0.4) is 0 Å². The number of aliphatic carboxylic acids is 1. The maximum atomic E-state index is 11.2. The van der Waals surface area contributed by atoms with Crippen molar-refractivity contribution in [1.82, 2.24) is 9.78 Å². The van der Waals surface area contributed by atoms with Crippen LogP contribution in [0, 0.1) is 10.1 Å². The van der Waals surface area contributed by atoms with Gasteiger partial charge in [-0.15, -0.1) is 0 Å². The molecular formula is C12H20N4O4. The van der Waals surface area contributed by atoms with E-state index in [2.05, 4.69) is 10.4 Å². The Morgan fingerprint density at radius 1 is 1.50 bits per heavy atom. The molecule has 112 valence electrons. The molecule has 0 unspecified atom stereocenters. The number of carbonyl (C=O) groups is 1. The highest BCUT2D eigenvalue weighted by molar-refractivity contribution is 5.66. The molecule has 0 aliphatic rings. The van der Waals surface area contributed by atoms with Crippen molar-refractivity contribution in [2.24, 2.45) is 7.05 Å². The molecule has 0 saturated heterocycles. The van der Waals surface area contributed by atoms with Crippen LogP contribution < -0.4 is 5.32 Å². The van der Waals surface area contributed by atoms with Gasteiger partial charge in [0.1, 0.15) is 5.69 Å². The van der Waals surface area contributed by atoms with Crippen molar-refractivity contribution < 1.29 is 14.8 Å². The van der Waals surface area contributed by atoms with Gasteiger partial charge in [-0.05, 0) is 12.8 Å². The van der Waals surface area contributed by atoms with Gasteiger partial charge < -0.3 is 10.4 Å². The van der Waals surface area contributed by atoms with E-state index in [0.717, 1.165) is 0 Å². The molecule has 0 saturated carbocycles. The number of nitro groups is 1. The number of nitrogens with zero attached hydrogens (tertiary/aromatic N) is 3. The van der Waals surface area contributed by atoms with E-state index in [1.807, 2.05) is 13.8 Å². The summed E-state index contributed by atoms with van der Waals surface area (Å²) in [5, 5.41) is 26.9. The highest BCUT2D eigenvalue weighted by Crippen LogP contribution is 2.32. The van der Waals surface area contributed by atoms with Gasteiger partial charge in [-0.1, -0.05) is 13.8 Å². The van der Waals surface area contributed by atoms with Gasteiger partial charge in [0.25, 0.3) is 0 Å². The number of hydrogen-bond donors (Lipinski definition) is 2. The SMILES string of the molecule is CC(C)c1nn(C)c(NCCCCC(=O)O)c1[N+](=O)[O-]. The normalized spacial score (nSPS) is 10.8. The number of anilines is 1. The van der Waals surface area contributed by atoms with Gasteiger partial charge in [0.05, 0.1) is 4.92 Å². The number of unbranched alkanes of at least 4 members (excludes halogenated alkanes) is 1. The standard InChI is InChI=1S/C12H20N4O4/c1-8(2)10-11(16(19)20)12(15(3)14-10)13-7-5-4-6-9(17)18/h8,13H,4-7H2,1-3H3,(H,17,18). The fourth-order valence-corrected chi connectivity index (χ4v) is 1.91. The Labute approximate surface area is 116 Å². The van der Waals surface area contributed by atoms with Gasteiger partial charge in [0, 0.05) is 25.9 Å². The second-order valence-electron chi connectivity index (χ2n) is 4.90. The lowest BCUT2D eigenvalue weighted by atomic mass is 10.1. The van der Waals surface area contributed by atoms with Gasteiger partial charge in [0.2, 0.25) is 5.82 Å². The molecule has 2 N–H and O–H groups in total. The predicted octanol–water partition coefficient (Wildman–Crippen LogP) is 2.12. The zero-order valence-electron chi connectivity index (χ0n) is 11.9. The van der Waals surface area contributed by atoms with Crippen LogP contribution in [0.15, 0.2) is 0 Å². The van der Waals surface area contributed by atoms with Crippen LogP contribution in [0.4, 0.5) is 11.5 Å². The molecule has 1 aromatic heterocycles. The van der Waals surface area contributed by atoms with E-state index >= 15 is 0 Å². The minimum atomic E-state index is -0.835. The summed E-state index contributed by atoms with van der Waals surface area (Å²) in [4.78, 5) is 21.1. The van der Waals surface area contributed by atoms with Crippen molar-refractivity contribution in [1.29, 1.82) is 0 Å². The number of rotatable bonds is 8. The van der Waals surface area contributed by atoms with Crippen LogP contribution in [0.2, 0.25) is 0 Å². The van der Waals surface area contributed by atoms with E-state index in [1.165, 1.54) is 4.68 Å². The van der Waals surface area contributed by atoms with E-state index in [4.69, 9.17) is 5.11 Å². The van der Waals surface area contributed by atoms with Gasteiger partial charge >= 0.3 is 11.7 Å². The minimum Gasteiger partial charge on any atom is -0.481 e. The summed E-state index contributed by atoms with van der Waals surface area (Å²) in [6.07, 6.45) is 1.27. The smallest absolute Gasteiger partial charge is 0.334 e. The first-order valence-corrected chi connectivity index (χ1v) is 6.51. The van der Waals surface area contributed by atoms with Crippen molar-refractivity contribution in [3.63, 3.8) is 0 Å². The summed E-state index contributed by atoms with van der Waals surface area (Å²) in [7, 11) is 1.65. The summed E-state index contributed by atoms with van der Waals surface area (Å²) in [6.45, 7) is 4.18. The lowest BCUT2D eigenvalue weighted by molar-refractivity contribution is -0.384. The zero-order chi connectivity index (χ0) is 15.3. The van der Waals surface area contributed by atoms with Crippen molar-refractivity contribution >= 4 is 17.5 Å². The Bertz CT molecular complexity index is 496. The molecule has 0 amide bonds. The van der Waals surface area contributed by atoms with Gasteiger partial charge in [-0.3, -0.25) is 14.9 Å². The Balaban J connectivity index is 2.74. The molecule has 20 heavy (non-hydrogen) atoms. The zero-order valence-corrected chi connectivity index (χ0v) is 11.9. The molecule has 8 nitrogen and oxygen atoms in total. The molecule has 1 aromatic rings. The second kappa shape index (κ2) is 6.88. The maximum Gasteiger partial charge on any atom is 0.334 e. The molecule has 0 aliphatic carbocycles. The molecule has 8 heteroatoms. The molecule has 0 aromatic carbocycles. The van der Waals surface area contributed by atoms with Crippen molar-refractivity contribution in [2.45, 2.75) is 39.0 Å².